The second-order valence-electron chi connectivity index (χ2n) is 4.09. The maximum Gasteiger partial charge on any atom is 0.411 e. The highest BCUT2D eigenvalue weighted by Crippen LogP contribution is 2.32. The van der Waals surface area contributed by atoms with Gasteiger partial charge in [-0.05, 0) is 11.8 Å². The van der Waals surface area contributed by atoms with Crippen molar-refractivity contribution in [1.82, 2.24) is 0 Å². The van der Waals surface area contributed by atoms with Crippen molar-refractivity contribution in [2.24, 2.45) is 11.8 Å². The van der Waals surface area contributed by atoms with E-state index >= 15 is 0 Å². The Bertz CT molecular complexity index is 178. The standard InChI is InChI=1S/C10H16BrF3O/c11-5-9(8-3-1-2-4-8)6-15-7-10(12,13)14/h8-9H,1-7H2. The van der Waals surface area contributed by atoms with Crippen LogP contribution in [0.1, 0.15) is 25.7 Å². The Morgan fingerprint density at radius 3 is 2.33 bits per heavy atom. The molecule has 0 amide bonds. The van der Waals surface area contributed by atoms with E-state index in [9.17, 15) is 13.2 Å². The summed E-state index contributed by atoms with van der Waals surface area (Å²) in [7, 11) is 0. The van der Waals surface area contributed by atoms with Gasteiger partial charge in [0.25, 0.3) is 0 Å². The Morgan fingerprint density at radius 1 is 1.27 bits per heavy atom. The lowest BCUT2D eigenvalue weighted by Gasteiger charge is -2.21. The second kappa shape index (κ2) is 6.09. The van der Waals surface area contributed by atoms with Crippen molar-refractivity contribution >= 4 is 15.9 Å². The van der Waals surface area contributed by atoms with Gasteiger partial charge in [-0.15, -0.1) is 0 Å². The molecule has 1 aliphatic rings. The van der Waals surface area contributed by atoms with Gasteiger partial charge in [-0.25, -0.2) is 0 Å². The van der Waals surface area contributed by atoms with Crippen LogP contribution in [0.3, 0.4) is 0 Å². The largest absolute Gasteiger partial charge is 0.411 e. The van der Waals surface area contributed by atoms with Crippen molar-refractivity contribution in [2.45, 2.75) is 31.9 Å². The molecule has 1 nitrogen and oxygen atoms in total. The average Bonchev–Trinajstić information content (AvgIpc) is 2.63. The number of ether oxygens (including phenoxy) is 1. The zero-order valence-corrected chi connectivity index (χ0v) is 10.1. The summed E-state index contributed by atoms with van der Waals surface area (Å²) in [5, 5.41) is 0.732. The molecule has 0 saturated heterocycles. The molecule has 1 atom stereocenters. The van der Waals surface area contributed by atoms with Crippen LogP contribution in [0.15, 0.2) is 0 Å². The molecule has 0 radical (unpaired) electrons. The molecule has 0 aromatic rings. The van der Waals surface area contributed by atoms with Gasteiger partial charge in [0.05, 0.1) is 6.61 Å². The first-order valence-corrected chi connectivity index (χ1v) is 6.35. The lowest BCUT2D eigenvalue weighted by atomic mass is 9.93. The Balaban J connectivity index is 2.21. The van der Waals surface area contributed by atoms with Gasteiger partial charge in [-0.3, -0.25) is 0 Å². The summed E-state index contributed by atoms with van der Waals surface area (Å²) in [5.74, 6) is 0.771. The molecule has 5 heteroatoms. The second-order valence-corrected chi connectivity index (χ2v) is 4.74. The van der Waals surface area contributed by atoms with Gasteiger partial charge in [-0.2, -0.15) is 13.2 Å². The summed E-state index contributed by atoms with van der Waals surface area (Å²) in [6.07, 6.45) is 0.463. The third-order valence-electron chi connectivity index (χ3n) is 2.86. The van der Waals surface area contributed by atoms with E-state index in [1.165, 1.54) is 12.8 Å². The summed E-state index contributed by atoms with van der Waals surface area (Å²) in [5.41, 5.74) is 0. The molecule has 0 bridgehead atoms. The molecular formula is C10H16BrF3O. The minimum absolute atomic E-state index is 0.218. The molecule has 0 spiro atoms. The van der Waals surface area contributed by atoms with Crippen molar-refractivity contribution in [3.63, 3.8) is 0 Å². The molecule has 1 aliphatic carbocycles. The van der Waals surface area contributed by atoms with E-state index in [-0.39, 0.29) is 12.5 Å². The number of rotatable bonds is 5. The van der Waals surface area contributed by atoms with Crippen LogP contribution in [0.5, 0.6) is 0 Å². The van der Waals surface area contributed by atoms with Crippen molar-refractivity contribution < 1.29 is 17.9 Å². The van der Waals surface area contributed by atoms with E-state index in [1.807, 2.05) is 0 Å². The van der Waals surface area contributed by atoms with Crippen molar-refractivity contribution in [2.75, 3.05) is 18.5 Å². The van der Waals surface area contributed by atoms with Crippen LogP contribution in [0, 0.1) is 11.8 Å². The van der Waals surface area contributed by atoms with Crippen LogP contribution in [-0.4, -0.2) is 24.7 Å². The van der Waals surface area contributed by atoms with Crippen LogP contribution in [0.4, 0.5) is 13.2 Å². The summed E-state index contributed by atoms with van der Waals surface area (Å²) in [6.45, 7) is -0.904. The molecule has 1 saturated carbocycles. The first-order valence-electron chi connectivity index (χ1n) is 5.23. The number of halogens is 4. The van der Waals surface area contributed by atoms with E-state index in [0.717, 1.165) is 18.2 Å². The third-order valence-corrected chi connectivity index (χ3v) is 3.69. The van der Waals surface area contributed by atoms with Crippen molar-refractivity contribution in [3.05, 3.63) is 0 Å². The van der Waals surface area contributed by atoms with E-state index in [2.05, 4.69) is 15.9 Å². The maximum atomic E-state index is 11.9. The summed E-state index contributed by atoms with van der Waals surface area (Å²) in [6, 6.07) is 0. The number of hydrogen-bond acceptors (Lipinski definition) is 1. The lowest BCUT2D eigenvalue weighted by molar-refractivity contribution is -0.177. The lowest BCUT2D eigenvalue weighted by Crippen LogP contribution is -2.24. The van der Waals surface area contributed by atoms with Crippen LogP contribution in [0.25, 0.3) is 0 Å². The molecule has 0 N–H and O–H groups in total. The zero-order chi connectivity index (χ0) is 11.3. The van der Waals surface area contributed by atoms with Gasteiger partial charge in [0, 0.05) is 5.33 Å². The highest BCUT2D eigenvalue weighted by Gasteiger charge is 2.29. The molecule has 1 rings (SSSR count). The topological polar surface area (TPSA) is 9.23 Å². The predicted molar refractivity (Wildman–Crippen MR) is 56.1 cm³/mol. The molecule has 1 unspecified atom stereocenters. The molecule has 0 aliphatic heterocycles. The average molecular weight is 289 g/mol. The van der Waals surface area contributed by atoms with E-state index in [4.69, 9.17) is 4.74 Å². The Labute approximate surface area is 96.5 Å². The maximum absolute atomic E-state index is 11.9. The highest BCUT2D eigenvalue weighted by atomic mass is 79.9. The molecule has 15 heavy (non-hydrogen) atoms. The summed E-state index contributed by atoms with van der Waals surface area (Å²) in [4.78, 5) is 0. The fourth-order valence-corrected chi connectivity index (χ4v) is 2.78. The molecule has 1 fully saturated rings. The summed E-state index contributed by atoms with van der Waals surface area (Å²) < 4.78 is 40.3. The van der Waals surface area contributed by atoms with Crippen LogP contribution in [-0.2, 0) is 4.74 Å². The Kier molecular flexibility index (Phi) is 5.39. The number of alkyl halides is 4. The Morgan fingerprint density at radius 2 is 1.87 bits per heavy atom. The SMILES string of the molecule is FC(F)(F)COCC(CBr)C1CCCC1. The van der Waals surface area contributed by atoms with Crippen LogP contribution >= 0.6 is 15.9 Å². The highest BCUT2D eigenvalue weighted by molar-refractivity contribution is 9.09. The van der Waals surface area contributed by atoms with Crippen molar-refractivity contribution in [3.8, 4) is 0 Å². The number of hydrogen-bond donors (Lipinski definition) is 0. The Hall–Kier alpha value is 0.230. The van der Waals surface area contributed by atoms with Crippen LogP contribution < -0.4 is 0 Å². The van der Waals surface area contributed by atoms with Crippen LogP contribution in [0.2, 0.25) is 0 Å². The first-order chi connectivity index (χ1) is 7.03. The molecule has 90 valence electrons. The van der Waals surface area contributed by atoms with Gasteiger partial charge in [0.1, 0.15) is 6.61 Å². The molecular weight excluding hydrogens is 273 g/mol. The van der Waals surface area contributed by atoms with Gasteiger partial charge in [0.2, 0.25) is 0 Å². The first kappa shape index (κ1) is 13.3. The van der Waals surface area contributed by atoms with E-state index < -0.39 is 12.8 Å². The normalized spacial score (nSPS) is 20.8. The fraction of sp³-hybridized carbons (Fsp3) is 1.00. The molecule has 0 aromatic heterocycles. The quantitative estimate of drug-likeness (QED) is 0.700. The van der Waals surface area contributed by atoms with Gasteiger partial charge >= 0.3 is 6.18 Å². The zero-order valence-electron chi connectivity index (χ0n) is 8.52. The molecule has 0 aromatic carbocycles. The van der Waals surface area contributed by atoms with E-state index in [0.29, 0.717) is 5.92 Å². The van der Waals surface area contributed by atoms with Crippen molar-refractivity contribution in [1.29, 1.82) is 0 Å². The smallest absolute Gasteiger partial charge is 0.372 e. The third kappa shape index (κ3) is 5.20. The monoisotopic (exact) mass is 288 g/mol. The minimum atomic E-state index is -4.20. The predicted octanol–water partition coefficient (Wildman–Crippen LogP) is 3.77. The van der Waals surface area contributed by atoms with Gasteiger partial charge in [0.15, 0.2) is 0 Å². The molecule has 0 heterocycles. The summed E-state index contributed by atoms with van der Waals surface area (Å²) >= 11 is 3.35. The van der Waals surface area contributed by atoms with Gasteiger partial charge < -0.3 is 4.74 Å². The van der Waals surface area contributed by atoms with E-state index in [1.54, 1.807) is 0 Å². The fourth-order valence-electron chi connectivity index (χ4n) is 2.06. The minimum Gasteiger partial charge on any atom is -0.372 e. The van der Waals surface area contributed by atoms with Gasteiger partial charge in [-0.1, -0.05) is 41.6 Å².